The average Bonchev–Trinajstić information content (AvgIpc) is 2.35. The Labute approximate surface area is 122 Å². The van der Waals surface area contributed by atoms with Crippen LogP contribution in [0.15, 0.2) is 12.1 Å². The molecule has 1 rings (SSSR count). The van der Waals surface area contributed by atoms with Crippen LogP contribution >= 0.6 is 0 Å². The molecule has 1 aromatic rings. The Kier molecular flexibility index (Phi) is 5.44. The first kappa shape index (κ1) is 17.6. The summed E-state index contributed by atoms with van der Waals surface area (Å²) < 4.78 is 38.6. The lowest BCUT2D eigenvalue weighted by atomic mass is 9.85. The van der Waals surface area contributed by atoms with Crippen LogP contribution in [-0.2, 0) is 6.18 Å². The van der Waals surface area contributed by atoms with Gasteiger partial charge in [0.2, 0.25) is 0 Å². The SMILES string of the molecule is CNc1cc(C(F)(F)F)cc(NC(CCO)C(C)(C)C)n1. The Morgan fingerprint density at radius 3 is 2.19 bits per heavy atom. The van der Waals surface area contributed by atoms with E-state index in [-0.39, 0.29) is 29.7 Å². The van der Waals surface area contributed by atoms with Gasteiger partial charge in [-0.3, -0.25) is 0 Å². The van der Waals surface area contributed by atoms with E-state index in [1.54, 1.807) is 0 Å². The van der Waals surface area contributed by atoms with Crippen molar-refractivity contribution in [1.29, 1.82) is 0 Å². The standard InChI is InChI=1S/C14H22F3N3O/c1-13(2,3)10(5-6-21)19-12-8-9(14(15,16)17)7-11(18-4)20-12/h7-8,10,21H,5-6H2,1-4H3,(H2,18,19,20). The minimum Gasteiger partial charge on any atom is -0.396 e. The van der Waals surface area contributed by atoms with E-state index < -0.39 is 11.7 Å². The molecule has 0 saturated heterocycles. The van der Waals surface area contributed by atoms with E-state index in [9.17, 15) is 13.2 Å². The first-order chi connectivity index (χ1) is 9.57. The molecule has 0 spiro atoms. The smallest absolute Gasteiger partial charge is 0.396 e. The van der Waals surface area contributed by atoms with Crippen LogP contribution in [0.2, 0.25) is 0 Å². The number of nitrogens with one attached hydrogen (secondary N) is 2. The zero-order valence-corrected chi connectivity index (χ0v) is 12.7. The third-order valence-electron chi connectivity index (χ3n) is 3.19. The van der Waals surface area contributed by atoms with E-state index in [0.717, 1.165) is 12.1 Å². The molecule has 0 aliphatic carbocycles. The molecular weight excluding hydrogens is 283 g/mol. The Morgan fingerprint density at radius 1 is 1.19 bits per heavy atom. The normalized spacial score (nSPS) is 13.9. The molecule has 0 saturated carbocycles. The summed E-state index contributed by atoms with van der Waals surface area (Å²) in [4.78, 5) is 4.10. The molecule has 1 unspecified atom stereocenters. The summed E-state index contributed by atoms with van der Waals surface area (Å²) in [5, 5.41) is 14.7. The Bertz CT molecular complexity index is 470. The van der Waals surface area contributed by atoms with E-state index in [2.05, 4.69) is 15.6 Å². The molecule has 0 aliphatic rings. The van der Waals surface area contributed by atoms with E-state index in [0.29, 0.717) is 6.42 Å². The molecular formula is C14H22F3N3O. The molecule has 120 valence electrons. The zero-order chi connectivity index (χ0) is 16.3. The summed E-state index contributed by atoms with van der Waals surface area (Å²) in [5.74, 6) is 0.284. The molecule has 0 aliphatic heterocycles. The highest BCUT2D eigenvalue weighted by molar-refractivity contribution is 5.50. The predicted molar refractivity (Wildman–Crippen MR) is 77.4 cm³/mol. The Morgan fingerprint density at radius 2 is 1.76 bits per heavy atom. The number of alkyl halides is 3. The van der Waals surface area contributed by atoms with Crippen LogP contribution in [0.25, 0.3) is 0 Å². The first-order valence-corrected chi connectivity index (χ1v) is 6.72. The van der Waals surface area contributed by atoms with Crippen molar-refractivity contribution < 1.29 is 18.3 Å². The highest BCUT2D eigenvalue weighted by Crippen LogP contribution is 2.33. The molecule has 0 bridgehead atoms. The van der Waals surface area contributed by atoms with Crippen molar-refractivity contribution >= 4 is 11.6 Å². The molecule has 1 heterocycles. The highest BCUT2D eigenvalue weighted by Gasteiger charge is 2.32. The van der Waals surface area contributed by atoms with Gasteiger partial charge in [0.05, 0.1) is 5.56 Å². The number of rotatable bonds is 5. The van der Waals surface area contributed by atoms with Gasteiger partial charge in [0.25, 0.3) is 0 Å². The van der Waals surface area contributed by atoms with Gasteiger partial charge in [0.1, 0.15) is 11.6 Å². The minimum absolute atomic E-state index is 0.0488. The van der Waals surface area contributed by atoms with Gasteiger partial charge < -0.3 is 15.7 Å². The molecule has 1 atom stereocenters. The summed E-state index contributed by atoms with van der Waals surface area (Å²) in [5.41, 5.74) is -0.987. The summed E-state index contributed by atoms with van der Waals surface area (Å²) in [6, 6.07) is 1.75. The molecule has 0 radical (unpaired) electrons. The predicted octanol–water partition coefficient (Wildman–Crippen LogP) is 3.35. The number of hydrogen-bond donors (Lipinski definition) is 3. The molecule has 0 aromatic carbocycles. The van der Waals surface area contributed by atoms with E-state index >= 15 is 0 Å². The monoisotopic (exact) mass is 305 g/mol. The lowest BCUT2D eigenvalue weighted by molar-refractivity contribution is -0.137. The number of hydrogen-bond acceptors (Lipinski definition) is 4. The van der Waals surface area contributed by atoms with Gasteiger partial charge in [0, 0.05) is 19.7 Å². The molecule has 0 amide bonds. The van der Waals surface area contributed by atoms with Gasteiger partial charge in [-0.05, 0) is 24.0 Å². The Hall–Kier alpha value is -1.50. The van der Waals surface area contributed by atoms with E-state index in [4.69, 9.17) is 5.11 Å². The second-order valence-electron chi connectivity index (χ2n) is 5.95. The fourth-order valence-corrected chi connectivity index (χ4v) is 1.93. The molecule has 7 heteroatoms. The number of anilines is 2. The summed E-state index contributed by atoms with van der Waals surface area (Å²) in [6.45, 7) is 5.81. The lowest BCUT2D eigenvalue weighted by Crippen LogP contribution is -2.35. The van der Waals surface area contributed by atoms with Crippen molar-refractivity contribution in [2.45, 2.75) is 39.4 Å². The fourth-order valence-electron chi connectivity index (χ4n) is 1.93. The van der Waals surface area contributed by atoms with Gasteiger partial charge in [-0.25, -0.2) is 4.98 Å². The third kappa shape index (κ3) is 5.08. The van der Waals surface area contributed by atoms with Gasteiger partial charge in [0.15, 0.2) is 0 Å². The molecule has 21 heavy (non-hydrogen) atoms. The van der Waals surface area contributed by atoms with Crippen LogP contribution in [0.3, 0.4) is 0 Å². The van der Waals surface area contributed by atoms with Crippen molar-refractivity contribution in [3.63, 3.8) is 0 Å². The summed E-state index contributed by atoms with van der Waals surface area (Å²) >= 11 is 0. The van der Waals surface area contributed by atoms with Gasteiger partial charge in [-0.1, -0.05) is 20.8 Å². The van der Waals surface area contributed by atoms with Gasteiger partial charge >= 0.3 is 6.18 Å². The number of nitrogens with zero attached hydrogens (tertiary/aromatic N) is 1. The van der Waals surface area contributed by atoms with Gasteiger partial charge in [-0.15, -0.1) is 0 Å². The van der Waals surface area contributed by atoms with E-state index in [1.807, 2.05) is 20.8 Å². The summed E-state index contributed by atoms with van der Waals surface area (Å²) in [6.07, 6.45) is -4.00. The van der Waals surface area contributed by atoms with Crippen LogP contribution in [0.4, 0.5) is 24.8 Å². The molecule has 3 N–H and O–H groups in total. The van der Waals surface area contributed by atoms with Crippen LogP contribution < -0.4 is 10.6 Å². The maximum atomic E-state index is 12.9. The summed E-state index contributed by atoms with van der Waals surface area (Å²) in [7, 11) is 1.52. The molecule has 1 aromatic heterocycles. The Balaban J connectivity index is 3.11. The van der Waals surface area contributed by atoms with Crippen LogP contribution in [-0.4, -0.2) is 29.8 Å². The molecule has 0 fully saturated rings. The van der Waals surface area contributed by atoms with Crippen molar-refractivity contribution in [2.75, 3.05) is 24.3 Å². The lowest BCUT2D eigenvalue weighted by Gasteiger charge is -2.31. The second kappa shape index (κ2) is 6.51. The van der Waals surface area contributed by atoms with Gasteiger partial charge in [-0.2, -0.15) is 13.2 Å². The number of aliphatic hydroxyl groups excluding tert-OH is 1. The van der Waals surface area contributed by atoms with E-state index in [1.165, 1.54) is 7.05 Å². The van der Waals surface area contributed by atoms with Crippen molar-refractivity contribution in [2.24, 2.45) is 5.41 Å². The van der Waals surface area contributed by atoms with Crippen LogP contribution in [0.1, 0.15) is 32.8 Å². The second-order valence-corrected chi connectivity index (χ2v) is 5.95. The number of pyridine rings is 1. The zero-order valence-electron chi connectivity index (χ0n) is 12.7. The largest absolute Gasteiger partial charge is 0.416 e. The molecule has 4 nitrogen and oxygen atoms in total. The van der Waals surface area contributed by atoms with Crippen molar-refractivity contribution in [3.05, 3.63) is 17.7 Å². The average molecular weight is 305 g/mol. The minimum atomic E-state index is -4.43. The number of halogens is 3. The van der Waals surface area contributed by atoms with Crippen LogP contribution in [0, 0.1) is 5.41 Å². The van der Waals surface area contributed by atoms with Crippen molar-refractivity contribution in [3.8, 4) is 0 Å². The first-order valence-electron chi connectivity index (χ1n) is 6.72. The maximum absolute atomic E-state index is 12.9. The van der Waals surface area contributed by atoms with Crippen molar-refractivity contribution in [1.82, 2.24) is 4.98 Å². The maximum Gasteiger partial charge on any atom is 0.416 e. The third-order valence-corrected chi connectivity index (χ3v) is 3.19. The quantitative estimate of drug-likeness (QED) is 0.781. The topological polar surface area (TPSA) is 57.2 Å². The number of aromatic nitrogens is 1. The van der Waals surface area contributed by atoms with Crippen LogP contribution in [0.5, 0.6) is 0 Å². The number of aliphatic hydroxyl groups is 1. The highest BCUT2D eigenvalue weighted by atomic mass is 19.4. The fraction of sp³-hybridized carbons (Fsp3) is 0.643.